The molecule has 8 heteroatoms. The van der Waals surface area contributed by atoms with E-state index in [0.717, 1.165) is 0 Å². The number of quaternary nitrogens is 1. The predicted molar refractivity (Wildman–Crippen MR) is 13.6 cm³/mol. The number of rotatable bonds is 0. The average Bonchev–Trinajstić information content (AvgIpc) is 0.722. The first kappa shape index (κ1) is 22.8. The molecular weight excluding hydrogens is 348 g/mol. The molecule has 1 radical (unpaired) electrons. The van der Waals surface area contributed by atoms with Crippen LogP contribution in [0.3, 0.4) is 0 Å². The van der Waals surface area contributed by atoms with Crippen molar-refractivity contribution in [2.75, 3.05) is 0 Å². The van der Waals surface area contributed by atoms with Gasteiger partial charge in [-0.1, -0.05) is 0 Å². The van der Waals surface area contributed by atoms with E-state index in [1.165, 1.54) is 0 Å². The summed E-state index contributed by atoms with van der Waals surface area (Å²) in [6.45, 7) is 0. The van der Waals surface area contributed by atoms with Crippen molar-refractivity contribution >= 4 is 7.82 Å². The smallest absolute Gasteiger partial charge is 0.822 e. The maximum atomic E-state index is 8.55. The fourth-order valence-corrected chi connectivity index (χ4v) is 0. The summed E-state index contributed by atoms with van der Waals surface area (Å²) in [5.41, 5.74) is 0. The van der Waals surface area contributed by atoms with Crippen molar-refractivity contribution in [1.82, 2.24) is 6.15 Å². The molecule has 0 aromatic heterocycles. The Morgan fingerprint density at radius 2 is 1.12 bits per heavy atom. The van der Waals surface area contributed by atoms with Gasteiger partial charge in [0.05, 0.1) is 0 Å². The largest absolute Gasteiger partial charge is 4.00 e. The van der Waals surface area contributed by atoms with Crippen LogP contribution in [-0.2, 0) is 42.7 Å². The monoisotopic (exact) mass is 352 g/mol. The van der Waals surface area contributed by atoms with Gasteiger partial charge in [0.25, 0.3) is 0 Å². The van der Waals surface area contributed by atoms with Crippen molar-refractivity contribution in [3.8, 4) is 0 Å². The molecule has 0 aromatic rings. The second-order valence-corrected chi connectivity index (χ2v) is 1.34. The third kappa shape index (κ3) is 176. The minimum absolute atomic E-state index is 0. The van der Waals surface area contributed by atoms with Crippen molar-refractivity contribution in [1.29, 1.82) is 0 Å². The topological polar surface area (TPSA) is 123 Å². The third-order valence-electron chi connectivity index (χ3n) is 0. The van der Waals surface area contributed by atoms with E-state index in [2.05, 4.69) is 0 Å². The van der Waals surface area contributed by atoms with E-state index in [9.17, 15) is 0 Å². The van der Waals surface area contributed by atoms with Crippen molar-refractivity contribution in [2.24, 2.45) is 0 Å². The third-order valence-corrected chi connectivity index (χ3v) is 0. The molecule has 47 valence electrons. The zero-order valence-electron chi connectivity index (χ0n) is 3.87. The van der Waals surface area contributed by atoms with Crippen LogP contribution < -0.4 is 20.8 Å². The summed E-state index contributed by atoms with van der Waals surface area (Å²) in [5, 5.41) is 0. The molecule has 0 aliphatic rings. The molecule has 5 nitrogen and oxygen atoms in total. The molecule has 0 fully saturated rings. The van der Waals surface area contributed by atoms with E-state index in [-0.39, 0.29) is 44.3 Å². The van der Waals surface area contributed by atoms with Crippen LogP contribution >= 0.6 is 7.82 Å². The fourth-order valence-electron chi connectivity index (χ4n) is 0. The van der Waals surface area contributed by atoms with Gasteiger partial charge in [0, 0.05) is 0 Å². The van der Waals surface area contributed by atoms with Crippen LogP contribution in [0, 0.1) is 0 Å². The van der Waals surface area contributed by atoms with E-state index < -0.39 is 7.82 Å². The normalized spacial score (nSPS) is 7.38. The molecular formula is H4MnNO4PW+4. The van der Waals surface area contributed by atoms with Crippen molar-refractivity contribution < 1.29 is 57.4 Å². The van der Waals surface area contributed by atoms with Crippen molar-refractivity contribution in [2.45, 2.75) is 0 Å². The standard InChI is InChI=1S/Mn.H3N.H3O4P.W/c;;1-5(2,3)4;/h;1H3;(H3,1,2,3,4);/q+2;;;+4/p-2. The van der Waals surface area contributed by atoms with Gasteiger partial charge in [-0.15, -0.1) is 0 Å². The second-order valence-electron chi connectivity index (χ2n) is 0.447. The summed E-state index contributed by atoms with van der Waals surface area (Å²) in [6.07, 6.45) is 0. The molecule has 0 aliphatic heterocycles. The maximum absolute atomic E-state index is 8.55. The van der Waals surface area contributed by atoms with E-state index >= 15 is 0 Å². The van der Waals surface area contributed by atoms with Crippen molar-refractivity contribution in [3.63, 3.8) is 0 Å². The van der Waals surface area contributed by atoms with Gasteiger partial charge in [-0.05, 0) is 0 Å². The Morgan fingerprint density at radius 1 is 1.12 bits per heavy atom. The first-order chi connectivity index (χ1) is 2.00. The maximum Gasteiger partial charge on any atom is 4.00 e. The van der Waals surface area contributed by atoms with Gasteiger partial charge in [0.15, 0.2) is 0 Å². The molecule has 4 N–H and O–H groups in total. The SMILES string of the molecule is O=P([O-])([O-])[O-].[Mn+2].[NH4+].[W+4]. The van der Waals surface area contributed by atoms with Crippen molar-refractivity contribution in [3.05, 3.63) is 0 Å². The molecule has 0 saturated carbocycles. The molecule has 0 rings (SSSR count). The Balaban J connectivity index is -0.0000000267. The molecule has 0 spiro atoms. The summed E-state index contributed by atoms with van der Waals surface area (Å²) >= 11 is 0. The minimum atomic E-state index is -5.39. The van der Waals surface area contributed by atoms with Crippen LogP contribution in [0.25, 0.3) is 0 Å². The minimum Gasteiger partial charge on any atom is -0.822 e. The van der Waals surface area contributed by atoms with E-state index in [0.29, 0.717) is 0 Å². The first-order valence-corrected chi connectivity index (χ1v) is 2.19. The fraction of sp³-hybridized carbons (Fsp3) is 0. The van der Waals surface area contributed by atoms with Gasteiger partial charge in [0.1, 0.15) is 0 Å². The van der Waals surface area contributed by atoms with E-state index in [1.807, 2.05) is 0 Å². The van der Waals surface area contributed by atoms with Gasteiger partial charge >= 0.3 is 38.1 Å². The molecule has 0 amide bonds. The Labute approximate surface area is 71.4 Å². The number of hydrogen-bond acceptors (Lipinski definition) is 4. The second kappa shape index (κ2) is 8.28. The molecule has 0 atom stereocenters. The predicted octanol–water partition coefficient (Wildman–Crippen LogP) is -2.45. The van der Waals surface area contributed by atoms with Crippen LogP contribution in [0.5, 0.6) is 0 Å². The summed E-state index contributed by atoms with van der Waals surface area (Å²) in [7, 11) is -5.39. The number of hydrogen-bond donors (Lipinski definition) is 1. The van der Waals surface area contributed by atoms with Gasteiger partial charge < -0.3 is 25.4 Å². The molecule has 8 heavy (non-hydrogen) atoms. The quantitative estimate of drug-likeness (QED) is 0.384. The first-order valence-electron chi connectivity index (χ1n) is 0.730. The molecule has 0 aromatic carbocycles. The van der Waals surface area contributed by atoms with Crippen LogP contribution in [0.1, 0.15) is 0 Å². The Hall–Kier alpha value is 1.28. The average molecular weight is 352 g/mol. The molecule has 0 saturated heterocycles. The van der Waals surface area contributed by atoms with Gasteiger partial charge in [-0.3, -0.25) is 0 Å². The molecule has 0 aliphatic carbocycles. The molecule has 0 unspecified atom stereocenters. The van der Waals surface area contributed by atoms with Crippen LogP contribution in [-0.4, -0.2) is 0 Å². The summed E-state index contributed by atoms with van der Waals surface area (Å²) in [5.74, 6) is 0. The Morgan fingerprint density at radius 3 is 1.12 bits per heavy atom. The number of phosphoric acid groups is 1. The van der Waals surface area contributed by atoms with Crippen LogP contribution in [0.15, 0.2) is 0 Å². The summed E-state index contributed by atoms with van der Waals surface area (Å²) in [4.78, 5) is 25.6. The van der Waals surface area contributed by atoms with Gasteiger partial charge in [-0.25, -0.2) is 0 Å². The Kier molecular flexibility index (Phi) is 23.6. The molecule has 0 bridgehead atoms. The molecule has 0 heterocycles. The van der Waals surface area contributed by atoms with Crippen LogP contribution in [0.2, 0.25) is 0 Å². The zero-order valence-corrected chi connectivity index (χ0v) is 8.87. The zero-order chi connectivity index (χ0) is 4.50. The summed E-state index contributed by atoms with van der Waals surface area (Å²) in [6, 6.07) is 0. The van der Waals surface area contributed by atoms with E-state index in [1.54, 1.807) is 0 Å². The Bertz CT molecular complexity index is 62.2. The van der Waals surface area contributed by atoms with E-state index in [4.69, 9.17) is 19.2 Å². The summed E-state index contributed by atoms with van der Waals surface area (Å²) < 4.78 is 8.55. The van der Waals surface area contributed by atoms with Gasteiger partial charge in [-0.2, -0.15) is 7.82 Å². The van der Waals surface area contributed by atoms with Crippen LogP contribution in [0.4, 0.5) is 0 Å². The van der Waals surface area contributed by atoms with Gasteiger partial charge in [0.2, 0.25) is 0 Å².